The number of ether oxygens (including phenoxy) is 1. The number of rotatable bonds is 4. The van der Waals surface area contributed by atoms with Gasteiger partial charge in [0.1, 0.15) is 0 Å². The molecule has 17 heavy (non-hydrogen) atoms. The largest absolute Gasteiger partial charge is 0.474 e. The Bertz CT molecular complexity index is 463. The monoisotopic (exact) mass is 230 g/mol. The third-order valence-corrected chi connectivity index (χ3v) is 3.53. The van der Waals surface area contributed by atoms with Gasteiger partial charge in [-0.1, -0.05) is 6.92 Å². The maximum absolute atomic E-state index is 5.92. The number of pyridine rings is 1. The van der Waals surface area contributed by atoms with Crippen molar-refractivity contribution >= 4 is 5.71 Å². The van der Waals surface area contributed by atoms with Crippen LogP contribution in [0, 0.1) is 5.92 Å². The third-order valence-electron chi connectivity index (χ3n) is 3.53. The molecule has 1 atom stereocenters. The topological polar surface area (TPSA) is 34.5 Å². The van der Waals surface area contributed by atoms with Gasteiger partial charge in [-0.15, -0.1) is 0 Å². The maximum atomic E-state index is 5.92. The molecule has 0 saturated heterocycles. The van der Waals surface area contributed by atoms with Crippen LogP contribution in [0.2, 0.25) is 0 Å². The highest BCUT2D eigenvalue weighted by Gasteiger charge is 2.34. The van der Waals surface area contributed by atoms with E-state index < -0.39 is 0 Å². The van der Waals surface area contributed by atoms with Crippen molar-refractivity contribution in [1.82, 2.24) is 4.98 Å². The Kier molecular flexibility index (Phi) is 2.61. The van der Waals surface area contributed by atoms with Crippen molar-refractivity contribution < 1.29 is 4.74 Å². The molecule has 0 N–H and O–H groups in total. The summed E-state index contributed by atoms with van der Waals surface area (Å²) in [4.78, 5) is 9.05. The van der Waals surface area contributed by atoms with Gasteiger partial charge in [-0.25, -0.2) is 4.98 Å². The molecule has 1 unspecified atom stereocenters. The lowest BCUT2D eigenvalue weighted by molar-refractivity contribution is 0.208. The molecular weight excluding hydrogens is 212 g/mol. The van der Waals surface area contributed by atoms with Crippen LogP contribution in [0.5, 0.6) is 5.88 Å². The molecule has 1 saturated carbocycles. The number of nitrogens with zero attached hydrogens (tertiary/aromatic N) is 2. The van der Waals surface area contributed by atoms with Gasteiger partial charge in [-0.3, -0.25) is 4.99 Å². The van der Waals surface area contributed by atoms with Gasteiger partial charge in [-0.05, 0) is 37.8 Å². The van der Waals surface area contributed by atoms with Gasteiger partial charge in [0, 0.05) is 12.1 Å². The molecule has 2 aliphatic rings. The zero-order valence-electron chi connectivity index (χ0n) is 10.4. The predicted molar refractivity (Wildman–Crippen MR) is 67.6 cm³/mol. The number of hydrogen-bond donors (Lipinski definition) is 0. The Morgan fingerprint density at radius 1 is 1.47 bits per heavy atom. The highest BCUT2D eigenvalue weighted by Crippen LogP contribution is 2.39. The van der Waals surface area contributed by atoms with Gasteiger partial charge in [0.2, 0.25) is 5.88 Å². The van der Waals surface area contributed by atoms with E-state index in [0.29, 0.717) is 5.92 Å². The van der Waals surface area contributed by atoms with E-state index in [4.69, 9.17) is 4.74 Å². The van der Waals surface area contributed by atoms with Crippen LogP contribution in [-0.2, 0) is 6.54 Å². The summed E-state index contributed by atoms with van der Waals surface area (Å²) in [5.41, 5.74) is 3.71. The Labute approximate surface area is 102 Å². The van der Waals surface area contributed by atoms with Crippen molar-refractivity contribution in [3.63, 3.8) is 0 Å². The molecule has 1 aromatic rings. The SMILES string of the molecule is CCC(C)Oc1nccc2c1C(C1CC1)=NC2. The third kappa shape index (κ3) is 1.94. The number of hydrogen-bond acceptors (Lipinski definition) is 3. The van der Waals surface area contributed by atoms with E-state index in [2.05, 4.69) is 29.9 Å². The fourth-order valence-electron chi connectivity index (χ4n) is 2.19. The van der Waals surface area contributed by atoms with Crippen molar-refractivity contribution in [2.45, 2.75) is 45.8 Å². The summed E-state index contributed by atoms with van der Waals surface area (Å²) in [5, 5.41) is 0. The Hall–Kier alpha value is -1.38. The molecule has 90 valence electrons. The second kappa shape index (κ2) is 4.13. The summed E-state index contributed by atoms with van der Waals surface area (Å²) in [7, 11) is 0. The fraction of sp³-hybridized carbons (Fsp3) is 0.571. The van der Waals surface area contributed by atoms with E-state index in [1.54, 1.807) is 0 Å². The van der Waals surface area contributed by atoms with E-state index in [0.717, 1.165) is 18.8 Å². The zero-order chi connectivity index (χ0) is 11.8. The molecular formula is C14H18N2O. The van der Waals surface area contributed by atoms with Crippen LogP contribution >= 0.6 is 0 Å². The average Bonchev–Trinajstić information content (AvgIpc) is 3.09. The van der Waals surface area contributed by atoms with Crippen LogP contribution in [0.3, 0.4) is 0 Å². The molecule has 3 rings (SSSR count). The summed E-state index contributed by atoms with van der Waals surface area (Å²) >= 11 is 0. The number of aliphatic imine (C=N–C) groups is 1. The Balaban J connectivity index is 1.94. The summed E-state index contributed by atoms with van der Waals surface area (Å²) in [6.45, 7) is 5.02. The maximum Gasteiger partial charge on any atom is 0.223 e. The van der Waals surface area contributed by atoms with Crippen LogP contribution in [0.1, 0.15) is 44.2 Å². The van der Waals surface area contributed by atoms with Crippen LogP contribution in [0.25, 0.3) is 0 Å². The van der Waals surface area contributed by atoms with Crippen molar-refractivity contribution in [1.29, 1.82) is 0 Å². The summed E-state index contributed by atoms with van der Waals surface area (Å²) < 4.78 is 5.92. The molecule has 3 heteroatoms. The molecule has 2 heterocycles. The number of aromatic nitrogens is 1. The van der Waals surface area contributed by atoms with Crippen molar-refractivity contribution in [3.05, 3.63) is 23.4 Å². The normalized spacial score (nSPS) is 19.8. The fourth-order valence-corrected chi connectivity index (χ4v) is 2.19. The first-order chi connectivity index (χ1) is 8.29. The van der Waals surface area contributed by atoms with Crippen LogP contribution < -0.4 is 4.74 Å². The van der Waals surface area contributed by atoms with Crippen LogP contribution in [-0.4, -0.2) is 16.8 Å². The van der Waals surface area contributed by atoms with E-state index in [1.807, 2.05) is 6.20 Å². The minimum absolute atomic E-state index is 0.218. The highest BCUT2D eigenvalue weighted by atomic mass is 16.5. The second-order valence-corrected chi connectivity index (χ2v) is 4.96. The minimum atomic E-state index is 0.218. The lowest BCUT2D eigenvalue weighted by atomic mass is 10.0. The van der Waals surface area contributed by atoms with Gasteiger partial charge in [0.05, 0.1) is 23.9 Å². The van der Waals surface area contributed by atoms with Crippen LogP contribution in [0.4, 0.5) is 0 Å². The van der Waals surface area contributed by atoms with E-state index >= 15 is 0 Å². The van der Waals surface area contributed by atoms with Gasteiger partial charge in [0.25, 0.3) is 0 Å². The molecule has 3 nitrogen and oxygen atoms in total. The predicted octanol–water partition coefficient (Wildman–Crippen LogP) is 2.97. The first kappa shape index (κ1) is 10.8. The molecule has 0 radical (unpaired) electrons. The van der Waals surface area contributed by atoms with Gasteiger partial charge >= 0.3 is 0 Å². The molecule has 0 aromatic carbocycles. The van der Waals surface area contributed by atoms with E-state index in [1.165, 1.54) is 29.7 Å². The first-order valence-corrected chi connectivity index (χ1v) is 6.48. The zero-order valence-corrected chi connectivity index (χ0v) is 10.4. The van der Waals surface area contributed by atoms with Gasteiger partial charge < -0.3 is 4.74 Å². The lowest BCUT2D eigenvalue weighted by Crippen LogP contribution is -2.14. The molecule has 1 aliphatic heterocycles. The van der Waals surface area contributed by atoms with Gasteiger partial charge in [-0.2, -0.15) is 0 Å². The van der Waals surface area contributed by atoms with Crippen LogP contribution in [0.15, 0.2) is 17.3 Å². The summed E-state index contributed by atoms with van der Waals surface area (Å²) in [6, 6.07) is 2.07. The molecule has 1 aliphatic carbocycles. The Morgan fingerprint density at radius 3 is 3.00 bits per heavy atom. The van der Waals surface area contributed by atoms with Crippen molar-refractivity contribution in [3.8, 4) is 5.88 Å². The molecule has 1 fully saturated rings. The standard InChI is InChI=1S/C14H18N2O/c1-3-9(2)17-14-12-11(6-7-15-14)8-16-13(12)10-4-5-10/h6-7,9-10H,3-5,8H2,1-2H3. The van der Waals surface area contributed by atoms with Crippen molar-refractivity contribution in [2.75, 3.05) is 0 Å². The average molecular weight is 230 g/mol. The number of fused-ring (bicyclic) bond motifs is 1. The van der Waals surface area contributed by atoms with Crippen molar-refractivity contribution in [2.24, 2.45) is 10.9 Å². The molecule has 0 spiro atoms. The lowest BCUT2D eigenvalue weighted by Gasteiger charge is -2.15. The van der Waals surface area contributed by atoms with Gasteiger partial charge in [0.15, 0.2) is 0 Å². The minimum Gasteiger partial charge on any atom is -0.474 e. The van der Waals surface area contributed by atoms with E-state index in [9.17, 15) is 0 Å². The summed E-state index contributed by atoms with van der Waals surface area (Å²) in [6.07, 6.45) is 5.60. The quantitative estimate of drug-likeness (QED) is 0.797. The smallest absolute Gasteiger partial charge is 0.223 e. The molecule has 0 amide bonds. The molecule has 0 bridgehead atoms. The summed E-state index contributed by atoms with van der Waals surface area (Å²) in [5.74, 6) is 1.46. The highest BCUT2D eigenvalue weighted by molar-refractivity contribution is 6.08. The second-order valence-electron chi connectivity index (χ2n) is 4.96. The molecule has 1 aromatic heterocycles. The van der Waals surface area contributed by atoms with E-state index in [-0.39, 0.29) is 6.10 Å². The first-order valence-electron chi connectivity index (χ1n) is 6.48. The Morgan fingerprint density at radius 2 is 2.29 bits per heavy atom.